The molecule has 2 aromatic heterocycles. The van der Waals surface area contributed by atoms with Crippen molar-refractivity contribution < 1.29 is 23.1 Å². The highest BCUT2D eigenvalue weighted by Gasteiger charge is 2.23. The van der Waals surface area contributed by atoms with Gasteiger partial charge in [0.2, 0.25) is 11.8 Å². The third kappa shape index (κ3) is 7.94. The van der Waals surface area contributed by atoms with Crippen LogP contribution < -0.4 is 31.3 Å². The van der Waals surface area contributed by atoms with Crippen LogP contribution in [0.4, 0.5) is 20.3 Å². The minimum absolute atomic E-state index is 0.000762. The Morgan fingerprint density at radius 1 is 0.878 bits per heavy atom. The van der Waals surface area contributed by atoms with Crippen LogP contribution in [-0.4, -0.2) is 54.1 Å². The lowest BCUT2D eigenvalue weighted by Gasteiger charge is -2.17. The van der Waals surface area contributed by atoms with E-state index >= 15 is 8.78 Å². The molecule has 4 aromatic rings. The summed E-state index contributed by atoms with van der Waals surface area (Å²) in [5.41, 5.74) is 2.96. The van der Waals surface area contributed by atoms with Gasteiger partial charge in [0, 0.05) is 91.3 Å². The molecule has 2 saturated heterocycles. The summed E-state index contributed by atoms with van der Waals surface area (Å²) in [6, 6.07) is 11.6. The van der Waals surface area contributed by atoms with Crippen molar-refractivity contribution in [3.63, 3.8) is 0 Å². The monoisotopic (exact) mass is 709 g/mol. The topological polar surface area (TPSA) is 129 Å². The lowest BCUT2D eigenvalue weighted by molar-refractivity contribution is -0.120. The highest BCUT2D eigenvalue weighted by molar-refractivity contribution is 6.39. The number of rotatable bonds is 13. The molecule has 0 aliphatic carbocycles. The van der Waals surface area contributed by atoms with Crippen LogP contribution in [0, 0.1) is 11.6 Å². The highest BCUT2D eigenvalue weighted by Crippen LogP contribution is 2.42. The molecule has 14 heteroatoms. The average Bonchev–Trinajstić information content (AvgIpc) is 3.71. The van der Waals surface area contributed by atoms with E-state index in [9.17, 15) is 9.59 Å². The summed E-state index contributed by atoms with van der Waals surface area (Å²) in [5, 5.41) is 15.7. The first-order valence-corrected chi connectivity index (χ1v) is 16.7. The lowest BCUT2D eigenvalue weighted by Crippen LogP contribution is -2.35. The fourth-order valence-corrected chi connectivity index (χ4v) is 6.64. The molecule has 2 amide bonds. The number of benzene rings is 2. The third-order valence-corrected chi connectivity index (χ3v) is 9.41. The first-order valence-electron chi connectivity index (χ1n) is 15.9. The van der Waals surface area contributed by atoms with Crippen molar-refractivity contribution in [3.05, 3.63) is 87.7 Å². The fraction of sp³-hybridized carbons (Fsp3) is 0.314. The van der Waals surface area contributed by atoms with Crippen molar-refractivity contribution in [1.29, 1.82) is 0 Å². The first-order chi connectivity index (χ1) is 23.7. The number of pyridine rings is 2. The number of nitrogens with zero attached hydrogens (tertiary/aromatic N) is 2. The molecule has 49 heavy (non-hydrogen) atoms. The minimum atomic E-state index is -0.531. The first kappa shape index (κ1) is 34.5. The molecule has 6 rings (SSSR count). The molecule has 0 unspecified atom stereocenters. The Balaban J connectivity index is 1.19. The molecular weight excluding hydrogens is 675 g/mol. The van der Waals surface area contributed by atoms with Crippen LogP contribution >= 0.6 is 23.2 Å². The maximum atomic E-state index is 15.5. The van der Waals surface area contributed by atoms with Gasteiger partial charge in [-0.3, -0.25) is 14.6 Å². The number of anilines is 2. The molecule has 2 atom stereocenters. The number of methoxy groups -OCH3 is 1. The Labute approximate surface area is 292 Å². The standard InChI is InChI=1S/C35H35Cl2F2N7O3/c1-49-28-14-20(13-26(38)25(28)18-41-17-22-6-8-30(48)45-22)34-32(37)24(10-12-42-34)23-3-2-4-27(31(23)36)46-35-33(39)19(9-11-43-35)15-40-16-21-5-7-29(47)44-21/h2-4,9-14,21-22,40-41H,5-8,15-18H2,1H3,(H,43,46)(H,44,47)(H,45,48)/t21-,22-/m0/s1. The number of ether oxygens (including phenoxy) is 1. The summed E-state index contributed by atoms with van der Waals surface area (Å²) in [6.45, 7) is 1.49. The molecular formula is C35H35Cl2F2N7O3. The van der Waals surface area contributed by atoms with Gasteiger partial charge in [0.05, 0.1) is 28.5 Å². The van der Waals surface area contributed by atoms with Crippen molar-refractivity contribution in [3.8, 4) is 28.1 Å². The van der Waals surface area contributed by atoms with Gasteiger partial charge in [0.15, 0.2) is 11.6 Å². The van der Waals surface area contributed by atoms with Gasteiger partial charge in [0.1, 0.15) is 11.6 Å². The van der Waals surface area contributed by atoms with Crippen LogP contribution in [0.5, 0.6) is 5.75 Å². The van der Waals surface area contributed by atoms with E-state index in [-0.39, 0.29) is 52.9 Å². The Kier molecular flexibility index (Phi) is 10.9. The van der Waals surface area contributed by atoms with Gasteiger partial charge in [-0.25, -0.2) is 13.8 Å². The van der Waals surface area contributed by atoms with Crippen LogP contribution in [0.3, 0.4) is 0 Å². The van der Waals surface area contributed by atoms with Crippen LogP contribution in [-0.2, 0) is 22.7 Å². The summed E-state index contributed by atoms with van der Waals surface area (Å²) < 4.78 is 36.5. The van der Waals surface area contributed by atoms with Crippen LogP contribution in [0.25, 0.3) is 22.4 Å². The van der Waals surface area contributed by atoms with Gasteiger partial charge in [-0.2, -0.15) is 0 Å². The molecule has 2 aromatic carbocycles. The average molecular weight is 711 g/mol. The van der Waals surface area contributed by atoms with Gasteiger partial charge in [0.25, 0.3) is 0 Å². The predicted molar refractivity (Wildman–Crippen MR) is 185 cm³/mol. The number of carbonyl (C=O) groups excluding carboxylic acids is 2. The number of amides is 2. The quantitative estimate of drug-likeness (QED) is 0.116. The van der Waals surface area contributed by atoms with Crippen molar-refractivity contribution in [2.24, 2.45) is 0 Å². The second kappa shape index (κ2) is 15.5. The van der Waals surface area contributed by atoms with E-state index in [2.05, 4.69) is 36.6 Å². The van der Waals surface area contributed by atoms with Gasteiger partial charge >= 0.3 is 0 Å². The third-order valence-electron chi connectivity index (χ3n) is 8.62. The highest BCUT2D eigenvalue weighted by atomic mass is 35.5. The largest absolute Gasteiger partial charge is 0.496 e. The summed E-state index contributed by atoms with van der Waals surface area (Å²) in [5.74, 6) is -0.665. The van der Waals surface area contributed by atoms with E-state index in [1.165, 1.54) is 19.4 Å². The van der Waals surface area contributed by atoms with E-state index in [1.54, 1.807) is 42.6 Å². The molecule has 2 fully saturated rings. The molecule has 5 N–H and O–H groups in total. The number of carbonyl (C=O) groups is 2. The second-order valence-electron chi connectivity index (χ2n) is 12.0. The van der Waals surface area contributed by atoms with Gasteiger partial charge in [-0.05, 0) is 43.2 Å². The molecule has 2 aliphatic heterocycles. The summed E-state index contributed by atoms with van der Waals surface area (Å²) in [6.07, 6.45) is 5.53. The van der Waals surface area contributed by atoms with Crippen molar-refractivity contribution in [2.75, 3.05) is 25.5 Å². The second-order valence-corrected chi connectivity index (χ2v) is 12.7. The lowest BCUT2D eigenvalue weighted by atomic mass is 10.0. The Morgan fingerprint density at radius 3 is 2.22 bits per heavy atom. The number of halogens is 4. The minimum Gasteiger partial charge on any atom is -0.496 e. The summed E-state index contributed by atoms with van der Waals surface area (Å²) in [4.78, 5) is 31.6. The van der Waals surface area contributed by atoms with Crippen molar-refractivity contribution >= 4 is 46.5 Å². The van der Waals surface area contributed by atoms with E-state index in [1.807, 2.05) is 0 Å². The number of hydrogen-bond donors (Lipinski definition) is 5. The Bertz CT molecular complexity index is 1880. The normalized spacial score (nSPS) is 17.2. The summed E-state index contributed by atoms with van der Waals surface area (Å²) >= 11 is 13.8. The Hall–Kier alpha value is -4.36. The van der Waals surface area contributed by atoms with Crippen LogP contribution in [0.1, 0.15) is 36.8 Å². The predicted octanol–water partition coefficient (Wildman–Crippen LogP) is 5.88. The molecule has 10 nitrogen and oxygen atoms in total. The number of nitrogens with one attached hydrogen (secondary N) is 5. The summed E-state index contributed by atoms with van der Waals surface area (Å²) in [7, 11) is 1.46. The maximum Gasteiger partial charge on any atom is 0.220 e. The molecule has 0 bridgehead atoms. The van der Waals surface area contributed by atoms with Crippen molar-refractivity contribution in [2.45, 2.75) is 50.9 Å². The number of aromatic nitrogens is 2. The van der Waals surface area contributed by atoms with Crippen molar-refractivity contribution in [1.82, 2.24) is 31.2 Å². The smallest absolute Gasteiger partial charge is 0.220 e. The van der Waals surface area contributed by atoms with Gasteiger partial charge in [-0.15, -0.1) is 0 Å². The zero-order valence-corrected chi connectivity index (χ0v) is 28.2. The van der Waals surface area contributed by atoms with Crippen LogP contribution in [0.15, 0.2) is 54.9 Å². The molecule has 0 spiro atoms. The molecule has 4 heterocycles. The maximum absolute atomic E-state index is 15.5. The van der Waals surface area contributed by atoms with E-state index in [0.717, 1.165) is 12.8 Å². The molecule has 256 valence electrons. The SMILES string of the molecule is COc1cc(-c2nccc(-c3cccc(Nc4nccc(CNC[C@@H]5CCC(=O)N5)c4F)c3Cl)c2Cl)cc(F)c1CNC[C@@H]1CCC(=O)N1. The Morgan fingerprint density at radius 2 is 1.55 bits per heavy atom. The van der Waals surface area contributed by atoms with Crippen LogP contribution in [0.2, 0.25) is 10.0 Å². The van der Waals surface area contributed by atoms with E-state index < -0.39 is 11.6 Å². The van der Waals surface area contributed by atoms with E-state index in [4.69, 9.17) is 27.9 Å². The molecule has 2 aliphatic rings. The zero-order valence-electron chi connectivity index (χ0n) is 26.6. The molecule has 0 saturated carbocycles. The zero-order chi connectivity index (χ0) is 34.5. The fourth-order valence-electron chi connectivity index (χ4n) is 6.04. The number of hydrogen-bond acceptors (Lipinski definition) is 8. The van der Waals surface area contributed by atoms with Gasteiger partial charge in [-0.1, -0.05) is 35.3 Å². The molecule has 0 radical (unpaired) electrons. The van der Waals surface area contributed by atoms with E-state index in [0.29, 0.717) is 70.9 Å². The van der Waals surface area contributed by atoms with Gasteiger partial charge < -0.3 is 31.3 Å².